The molecule has 0 saturated heterocycles. The summed E-state index contributed by atoms with van der Waals surface area (Å²) in [6.45, 7) is 3.59. The molecule has 0 heterocycles. The van der Waals surface area contributed by atoms with Gasteiger partial charge in [-0.2, -0.15) is 0 Å². The maximum absolute atomic E-state index is 9.10. The second-order valence-corrected chi connectivity index (χ2v) is 2.98. The molecule has 0 bridgehead atoms. The molecule has 76 valence electrons. The number of methoxy groups -OCH3 is 1. The molecular weight excluding hydrogens is 178 g/mol. The molecule has 0 aliphatic heterocycles. The lowest BCUT2D eigenvalue weighted by Gasteiger charge is -2.13. The maximum Gasteiger partial charge on any atom is 0.119 e. The SMILES string of the molecule is C=C[C@@H](N)c1cc(OC)ccc1CO. The number of nitrogens with two attached hydrogens (primary N) is 1. The smallest absolute Gasteiger partial charge is 0.119 e. The largest absolute Gasteiger partial charge is 0.497 e. The summed E-state index contributed by atoms with van der Waals surface area (Å²) in [7, 11) is 1.59. The number of aliphatic hydroxyl groups is 1. The third-order valence-corrected chi connectivity index (χ3v) is 2.14. The van der Waals surface area contributed by atoms with Crippen LogP contribution in [0.4, 0.5) is 0 Å². The summed E-state index contributed by atoms with van der Waals surface area (Å²) in [6, 6.07) is 5.15. The van der Waals surface area contributed by atoms with E-state index in [4.69, 9.17) is 15.6 Å². The van der Waals surface area contributed by atoms with Gasteiger partial charge in [0.15, 0.2) is 0 Å². The van der Waals surface area contributed by atoms with E-state index < -0.39 is 0 Å². The molecule has 14 heavy (non-hydrogen) atoms. The van der Waals surface area contributed by atoms with Gasteiger partial charge in [0, 0.05) is 6.04 Å². The Bertz CT molecular complexity index is 323. The first-order valence-corrected chi connectivity index (χ1v) is 4.38. The molecule has 3 heteroatoms. The molecule has 3 nitrogen and oxygen atoms in total. The zero-order valence-electron chi connectivity index (χ0n) is 8.23. The van der Waals surface area contributed by atoms with E-state index in [0.29, 0.717) is 0 Å². The summed E-state index contributed by atoms with van der Waals surface area (Å²) >= 11 is 0. The predicted molar refractivity (Wildman–Crippen MR) is 56.0 cm³/mol. The molecule has 1 atom stereocenters. The van der Waals surface area contributed by atoms with Gasteiger partial charge in [-0.1, -0.05) is 12.1 Å². The van der Waals surface area contributed by atoms with Crippen molar-refractivity contribution < 1.29 is 9.84 Å². The highest BCUT2D eigenvalue weighted by atomic mass is 16.5. The van der Waals surface area contributed by atoms with Crippen LogP contribution in [0.5, 0.6) is 5.75 Å². The molecular formula is C11H15NO2. The van der Waals surface area contributed by atoms with E-state index in [9.17, 15) is 0 Å². The number of benzene rings is 1. The van der Waals surface area contributed by atoms with Crippen LogP contribution in [0, 0.1) is 0 Å². The van der Waals surface area contributed by atoms with Gasteiger partial charge < -0.3 is 15.6 Å². The normalized spacial score (nSPS) is 12.2. The minimum Gasteiger partial charge on any atom is -0.497 e. The van der Waals surface area contributed by atoms with Gasteiger partial charge in [0.2, 0.25) is 0 Å². The van der Waals surface area contributed by atoms with Gasteiger partial charge in [0.25, 0.3) is 0 Å². The maximum atomic E-state index is 9.10. The van der Waals surface area contributed by atoms with Crippen molar-refractivity contribution in [3.8, 4) is 5.75 Å². The van der Waals surface area contributed by atoms with Crippen molar-refractivity contribution in [3.05, 3.63) is 42.0 Å². The molecule has 0 aliphatic rings. The van der Waals surface area contributed by atoms with Crippen LogP contribution in [0.25, 0.3) is 0 Å². The van der Waals surface area contributed by atoms with Crippen molar-refractivity contribution in [1.29, 1.82) is 0 Å². The number of ether oxygens (including phenoxy) is 1. The van der Waals surface area contributed by atoms with Gasteiger partial charge >= 0.3 is 0 Å². The lowest BCUT2D eigenvalue weighted by molar-refractivity contribution is 0.280. The number of rotatable bonds is 4. The Kier molecular flexibility index (Phi) is 3.68. The van der Waals surface area contributed by atoms with Crippen molar-refractivity contribution in [2.24, 2.45) is 5.73 Å². The Morgan fingerprint density at radius 3 is 2.86 bits per heavy atom. The van der Waals surface area contributed by atoms with E-state index >= 15 is 0 Å². The van der Waals surface area contributed by atoms with Crippen LogP contribution in [0.3, 0.4) is 0 Å². The number of aliphatic hydroxyl groups excluding tert-OH is 1. The fourth-order valence-electron chi connectivity index (χ4n) is 1.28. The van der Waals surface area contributed by atoms with Gasteiger partial charge in [0.1, 0.15) is 5.75 Å². The summed E-state index contributed by atoms with van der Waals surface area (Å²) in [6.07, 6.45) is 1.63. The standard InChI is InChI=1S/C11H15NO2/c1-3-11(12)10-6-9(14-2)5-4-8(10)7-13/h3-6,11,13H,1,7,12H2,2H3/t11-/m1/s1. The third-order valence-electron chi connectivity index (χ3n) is 2.14. The molecule has 0 spiro atoms. The monoisotopic (exact) mass is 193 g/mol. The second kappa shape index (κ2) is 4.79. The van der Waals surface area contributed by atoms with Crippen LogP contribution in [0.15, 0.2) is 30.9 Å². The van der Waals surface area contributed by atoms with Gasteiger partial charge in [-0.3, -0.25) is 0 Å². The first-order chi connectivity index (χ1) is 6.72. The Labute approximate surface area is 83.8 Å². The van der Waals surface area contributed by atoms with Crippen molar-refractivity contribution >= 4 is 0 Å². The summed E-state index contributed by atoms with van der Waals surface area (Å²) in [5.74, 6) is 0.731. The molecule has 1 aromatic carbocycles. The average molecular weight is 193 g/mol. The quantitative estimate of drug-likeness (QED) is 0.710. The van der Waals surface area contributed by atoms with Crippen LogP contribution in [-0.2, 0) is 6.61 Å². The molecule has 0 aliphatic carbocycles. The van der Waals surface area contributed by atoms with Crippen molar-refractivity contribution in [2.75, 3.05) is 7.11 Å². The Hall–Kier alpha value is -1.32. The van der Waals surface area contributed by atoms with Crippen molar-refractivity contribution in [2.45, 2.75) is 12.6 Å². The predicted octanol–water partition coefficient (Wildman–Crippen LogP) is 1.37. The molecule has 1 rings (SSSR count). The van der Waals surface area contributed by atoms with Crippen LogP contribution in [0.1, 0.15) is 17.2 Å². The van der Waals surface area contributed by atoms with E-state index in [0.717, 1.165) is 16.9 Å². The highest BCUT2D eigenvalue weighted by Crippen LogP contribution is 2.22. The Balaban J connectivity index is 3.14. The van der Waals surface area contributed by atoms with Crippen LogP contribution >= 0.6 is 0 Å². The number of hydrogen-bond donors (Lipinski definition) is 2. The van der Waals surface area contributed by atoms with E-state index in [1.54, 1.807) is 25.3 Å². The first-order valence-electron chi connectivity index (χ1n) is 4.38. The average Bonchev–Trinajstić information content (AvgIpc) is 2.27. The second-order valence-electron chi connectivity index (χ2n) is 2.98. The van der Waals surface area contributed by atoms with Crippen LogP contribution in [-0.4, -0.2) is 12.2 Å². The summed E-state index contributed by atoms with van der Waals surface area (Å²) in [5, 5.41) is 9.10. The zero-order chi connectivity index (χ0) is 10.6. The first kappa shape index (κ1) is 10.8. The van der Waals surface area contributed by atoms with Gasteiger partial charge in [-0.25, -0.2) is 0 Å². The molecule has 0 radical (unpaired) electrons. The lowest BCUT2D eigenvalue weighted by atomic mass is 10.0. The van der Waals surface area contributed by atoms with Gasteiger partial charge in [-0.15, -0.1) is 6.58 Å². The zero-order valence-corrected chi connectivity index (χ0v) is 8.23. The van der Waals surface area contributed by atoms with E-state index in [-0.39, 0.29) is 12.6 Å². The van der Waals surface area contributed by atoms with Crippen LogP contribution < -0.4 is 10.5 Å². The lowest BCUT2D eigenvalue weighted by Crippen LogP contribution is -2.09. The number of hydrogen-bond acceptors (Lipinski definition) is 3. The van der Waals surface area contributed by atoms with Crippen molar-refractivity contribution in [1.82, 2.24) is 0 Å². The minimum atomic E-state index is -0.271. The molecule has 0 aromatic heterocycles. The molecule has 0 saturated carbocycles. The highest BCUT2D eigenvalue weighted by molar-refractivity contribution is 5.38. The molecule has 0 unspecified atom stereocenters. The topological polar surface area (TPSA) is 55.5 Å². The van der Waals surface area contributed by atoms with E-state index in [2.05, 4.69) is 6.58 Å². The van der Waals surface area contributed by atoms with Crippen molar-refractivity contribution in [3.63, 3.8) is 0 Å². The fourth-order valence-corrected chi connectivity index (χ4v) is 1.28. The molecule has 1 aromatic rings. The fraction of sp³-hybridized carbons (Fsp3) is 0.273. The van der Waals surface area contributed by atoms with E-state index in [1.807, 2.05) is 6.07 Å². The summed E-state index contributed by atoms with van der Waals surface area (Å²) < 4.78 is 5.08. The summed E-state index contributed by atoms with van der Waals surface area (Å²) in [5.41, 5.74) is 7.46. The minimum absolute atomic E-state index is 0.0269. The Morgan fingerprint density at radius 1 is 1.64 bits per heavy atom. The molecule has 3 N–H and O–H groups in total. The molecule has 0 fully saturated rings. The highest BCUT2D eigenvalue weighted by Gasteiger charge is 2.08. The van der Waals surface area contributed by atoms with E-state index in [1.165, 1.54) is 0 Å². The summed E-state index contributed by atoms with van der Waals surface area (Å²) in [4.78, 5) is 0. The third kappa shape index (κ3) is 2.13. The molecule has 0 amide bonds. The van der Waals surface area contributed by atoms with Gasteiger partial charge in [0.05, 0.1) is 13.7 Å². The van der Waals surface area contributed by atoms with Gasteiger partial charge in [-0.05, 0) is 23.3 Å². The van der Waals surface area contributed by atoms with Crippen LogP contribution in [0.2, 0.25) is 0 Å². The Morgan fingerprint density at radius 2 is 2.36 bits per heavy atom.